The number of rotatable bonds is 6. The molecule has 1 aromatic carbocycles. The first-order valence-corrected chi connectivity index (χ1v) is 9.46. The number of imidazole rings is 1. The maximum atomic E-state index is 13.6. The fourth-order valence-corrected chi connectivity index (χ4v) is 3.81. The second-order valence-corrected chi connectivity index (χ2v) is 7.36. The van der Waals surface area contributed by atoms with E-state index < -0.39 is 42.5 Å². The van der Waals surface area contributed by atoms with Crippen molar-refractivity contribution in [2.24, 2.45) is 5.73 Å². The van der Waals surface area contributed by atoms with Crippen LogP contribution in [0.25, 0.3) is 11.2 Å². The number of hydrogen-bond acceptors (Lipinski definition) is 11. The number of nitrogens with zero attached hydrogens (tertiary/aromatic N) is 4. The van der Waals surface area contributed by atoms with Crippen LogP contribution in [0.3, 0.4) is 0 Å². The number of Topliss-reactive ketones (excluding diaryl/α,β-unsaturated/α-hetero) is 1. The predicted molar refractivity (Wildman–Crippen MR) is 106 cm³/mol. The van der Waals surface area contributed by atoms with E-state index in [0.717, 1.165) is 10.9 Å². The summed E-state index contributed by atoms with van der Waals surface area (Å²) >= 11 is 0. The summed E-state index contributed by atoms with van der Waals surface area (Å²) in [6.07, 6.45) is -2.21. The zero-order valence-electron chi connectivity index (χ0n) is 16.2. The molecule has 1 fully saturated rings. The topological polar surface area (TPSA) is 203 Å². The van der Waals surface area contributed by atoms with Gasteiger partial charge in [0, 0.05) is 0 Å². The normalized spacial score (nSPS) is 26.9. The van der Waals surface area contributed by atoms with E-state index in [-0.39, 0.29) is 29.2 Å². The van der Waals surface area contributed by atoms with Crippen molar-refractivity contribution in [3.8, 4) is 5.75 Å². The number of nitrogen functional groups attached to an aromatic ring is 1. The monoisotopic (exact) mass is 430 g/mol. The van der Waals surface area contributed by atoms with Gasteiger partial charge in [-0.25, -0.2) is 15.0 Å². The average Bonchev–Trinajstić information content (AvgIpc) is 3.30. The summed E-state index contributed by atoms with van der Waals surface area (Å²) in [6.45, 7) is -0.649. The largest absolute Gasteiger partial charge is 0.508 e. The molecule has 0 spiro atoms. The van der Waals surface area contributed by atoms with Gasteiger partial charge in [-0.15, -0.1) is 0 Å². The average molecular weight is 430 g/mol. The first-order chi connectivity index (χ1) is 14.8. The van der Waals surface area contributed by atoms with E-state index in [1.165, 1.54) is 18.5 Å². The van der Waals surface area contributed by atoms with Crippen LogP contribution in [0.4, 0.5) is 5.82 Å². The second-order valence-electron chi connectivity index (χ2n) is 7.36. The van der Waals surface area contributed by atoms with Crippen LogP contribution in [0.5, 0.6) is 5.75 Å². The first kappa shape index (κ1) is 21.1. The van der Waals surface area contributed by atoms with Crippen molar-refractivity contribution >= 4 is 22.8 Å². The molecule has 4 rings (SSSR count). The van der Waals surface area contributed by atoms with E-state index in [1.54, 1.807) is 12.1 Å². The maximum absolute atomic E-state index is 13.6. The summed E-state index contributed by atoms with van der Waals surface area (Å²) in [5.74, 6) is -0.656. The lowest BCUT2D eigenvalue weighted by molar-refractivity contribution is -0.175. The fraction of sp³-hybridized carbons (Fsp3) is 0.368. The number of anilines is 1. The van der Waals surface area contributed by atoms with E-state index >= 15 is 0 Å². The molecule has 1 saturated heterocycles. The molecular weight excluding hydrogens is 408 g/mol. The summed E-state index contributed by atoms with van der Waals surface area (Å²) < 4.78 is 6.91. The van der Waals surface area contributed by atoms with E-state index in [1.807, 2.05) is 0 Å². The molecule has 3 heterocycles. The number of aromatic nitrogens is 4. The van der Waals surface area contributed by atoms with Crippen LogP contribution in [0, 0.1) is 0 Å². The molecular formula is C19H22N6O6. The zero-order valence-corrected chi connectivity index (χ0v) is 16.2. The summed E-state index contributed by atoms with van der Waals surface area (Å²) in [4.78, 5) is 25.7. The lowest BCUT2D eigenvalue weighted by atomic mass is 9.91. The lowest BCUT2D eigenvalue weighted by Crippen LogP contribution is -2.57. The van der Waals surface area contributed by atoms with Crippen molar-refractivity contribution in [2.45, 2.75) is 36.5 Å². The summed E-state index contributed by atoms with van der Waals surface area (Å²) in [5, 5.41) is 40.4. The molecule has 164 valence electrons. The van der Waals surface area contributed by atoms with Gasteiger partial charge in [0.15, 0.2) is 11.5 Å². The van der Waals surface area contributed by atoms with Crippen LogP contribution in [0.15, 0.2) is 36.9 Å². The van der Waals surface area contributed by atoms with Gasteiger partial charge >= 0.3 is 0 Å². The number of phenolic OH excluding ortho intramolecular Hbond substituents is 1. The number of ether oxygens (including phenoxy) is 1. The first-order valence-electron chi connectivity index (χ1n) is 9.46. The number of carbonyl (C=O) groups excluding carboxylic acids is 1. The van der Waals surface area contributed by atoms with E-state index in [2.05, 4.69) is 15.0 Å². The molecule has 31 heavy (non-hydrogen) atoms. The van der Waals surface area contributed by atoms with Crippen LogP contribution in [-0.4, -0.2) is 76.7 Å². The van der Waals surface area contributed by atoms with Crippen molar-refractivity contribution in [3.63, 3.8) is 0 Å². The Morgan fingerprint density at radius 3 is 2.58 bits per heavy atom. The molecule has 12 nitrogen and oxygen atoms in total. The van der Waals surface area contributed by atoms with Crippen LogP contribution in [-0.2, 0) is 21.7 Å². The quantitative estimate of drug-likeness (QED) is 0.253. The van der Waals surface area contributed by atoms with Crippen LogP contribution in [0.1, 0.15) is 5.56 Å². The number of aliphatic hydroxyl groups excluding tert-OH is 3. The Morgan fingerprint density at radius 1 is 1.23 bits per heavy atom. The summed E-state index contributed by atoms with van der Waals surface area (Å²) in [5.41, 5.74) is 10.7. The second kappa shape index (κ2) is 7.83. The minimum atomic E-state index is -2.21. The smallest absolute Gasteiger partial charge is 0.238 e. The van der Waals surface area contributed by atoms with Crippen molar-refractivity contribution in [3.05, 3.63) is 42.5 Å². The number of benzene rings is 1. The van der Waals surface area contributed by atoms with Gasteiger partial charge in [0.1, 0.15) is 42.2 Å². The molecule has 3 aromatic rings. The molecule has 0 amide bonds. The van der Waals surface area contributed by atoms with E-state index in [0.29, 0.717) is 5.56 Å². The number of aromatic hydroxyl groups is 1. The molecule has 2 aromatic heterocycles. The fourth-order valence-electron chi connectivity index (χ4n) is 3.81. The van der Waals surface area contributed by atoms with Gasteiger partial charge in [-0.05, 0) is 24.1 Å². The van der Waals surface area contributed by atoms with Crippen molar-refractivity contribution in [1.29, 1.82) is 0 Å². The molecule has 0 aliphatic carbocycles. The Morgan fingerprint density at radius 2 is 1.94 bits per heavy atom. The van der Waals surface area contributed by atoms with Crippen molar-refractivity contribution in [2.75, 3.05) is 12.3 Å². The standard InChI is InChI=1S/C19H22N6O6/c20-11(5-9-1-3-10(27)4-2-9)15(29)19(16(30)14(28)12(6-26)31-19)25-8-24-13-17(21)22-7-23-18(13)25/h1-4,7-8,11-12,14,16,26-28,30H,5-6,20H2,(H2,21,22,23)/t11-,12+,14+,16+,19+/m0/s1. The Bertz CT molecular complexity index is 1100. The Labute approximate surface area is 175 Å². The van der Waals surface area contributed by atoms with Crippen molar-refractivity contribution < 1.29 is 30.0 Å². The Kier molecular flexibility index (Phi) is 5.33. The van der Waals surface area contributed by atoms with Gasteiger partial charge < -0.3 is 36.6 Å². The third-order valence-electron chi connectivity index (χ3n) is 5.42. The van der Waals surface area contributed by atoms with Gasteiger partial charge in [-0.2, -0.15) is 0 Å². The molecule has 0 radical (unpaired) electrons. The van der Waals surface area contributed by atoms with E-state index in [9.17, 15) is 25.2 Å². The highest BCUT2D eigenvalue weighted by molar-refractivity contribution is 5.93. The highest BCUT2D eigenvalue weighted by atomic mass is 16.6. The zero-order chi connectivity index (χ0) is 22.3. The number of hydrogen-bond donors (Lipinski definition) is 6. The number of phenols is 1. The minimum absolute atomic E-state index is 0.0477. The molecule has 12 heteroatoms. The number of ketones is 1. The molecule has 8 N–H and O–H groups in total. The van der Waals surface area contributed by atoms with Gasteiger partial charge in [0.05, 0.1) is 12.6 Å². The van der Waals surface area contributed by atoms with Gasteiger partial charge in [-0.3, -0.25) is 9.36 Å². The van der Waals surface area contributed by atoms with Crippen LogP contribution >= 0.6 is 0 Å². The highest BCUT2D eigenvalue weighted by Gasteiger charge is 2.61. The molecule has 5 atom stereocenters. The minimum Gasteiger partial charge on any atom is -0.508 e. The molecule has 0 unspecified atom stereocenters. The number of fused-ring (bicyclic) bond motifs is 1. The van der Waals surface area contributed by atoms with Crippen molar-refractivity contribution in [1.82, 2.24) is 19.5 Å². The van der Waals surface area contributed by atoms with Crippen LogP contribution < -0.4 is 11.5 Å². The molecule has 0 bridgehead atoms. The lowest BCUT2D eigenvalue weighted by Gasteiger charge is -2.34. The SMILES string of the molecule is Nc1ncnc2c1ncn2[C@]1(C(=O)[C@@H](N)Cc2ccc(O)cc2)O[C@H](CO)[C@@H](O)[C@H]1O. The molecule has 1 aliphatic heterocycles. The maximum Gasteiger partial charge on any atom is 0.238 e. The summed E-state index contributed by atoms with van der Waals surface area (Å²) in [7, 11) is 0. The molecule has 0 saturated carbocycles. The van der Waals surface area contributed by atoms with E-state index in [4.69, 9.17) is 16.2 Å². The van der Waals surface area contributed by atoms with Crippen LogP contribution in [0.2, 0.25) is 0 Å². The number of carbonyl (C=O) groups is 1. The Balaban J connectivity index is 1.80. The third kappa shape index (κ3) is 3.30. The number of aliphatic hydroxyl groups is 3. The van der Waals surface area contributed by atoms with Gasteiger partial charge in [0.2, 0.25) is 11.5 Å². The highest BCUT2D eigenvalue weighted by Crippen LogP contribution is 2.39. The molecule has 1 aliphatic rings. The Hall–Kier alpha value is -3.16. The van der Waals surface area contributed by atoms with Gasteiger partial charge in [0.25, 0.3) is 0 Å². The summed E-state index contributed by atoms with van der Waals surface area (Å²) in [6, 6.07) is 4.94. The van der Waals surface area contributed by atoms with Gasteiger partial charge in [-0.1, -0.05) is 12.1 Å². The third-order valence-corrected chi connectivity index (χ3v) is 5.42. The predicted octanol–water partition coefficient (Wildman–Crippen LogP) is -1.98. The number of nitrogens with two attached hydrogens (primary N) is 2.